The van der Waals surface area contributed by atoms with Crippen molar-refractivity contribution in [3.05, 3.63) is 71.2 Å². The van der Waals surface area contributed by atoms with Crippen molar-refractivity contribution in [2.45, 2.75) is 57.5 Å². The molecule has 5 nitrogen and oxygen atoms in total. The van der Waals surface area contributed by atoms with Crippen LogP contribution in [0.25, 0.3) is 6.08 Å². The van der Waals surface area contributed by atoms with E-state index >= 15 is 0 Å². The lowest BCUT2D eigenvalue weighted by molar-refractivity contribution is -0.129. The van der Waals surface area contributed by atoms with Crippen molar-refractivity contribution in [1.29, 1.82) is 0 Å². The molecule has 2 fully saturated rings. The molecule has 2 aromatic rings. The van der Waals surface area contributed by atoms with E-state index in [0.29, 0.717) is 29.6 Å². The van der Waals surface area contributed by atoms with Crippen LogP contribution in [-0.4, -0.2) is 34.1 Å². The fourth-order valence-electron chi connectivity index (χ4n) is 4.87. The minimum atomic E-state index is -0.164. The molecule has 6 heteroatoms. The maximum atomic E-state index is 13.7. The Balaban J connectivity index is 1.69. The number of carbonyl (C=O) groups excluding carboxylic acids is 1. The molecule has 2 aliphatic rings. The number of hydrogen-bond donors (Lipinski definition) is 2. The zero-order valence-corrected chi connectivity index (χ0v) is 20.8. The summed E-state index contributed by atoms with van der Waals surface area (Å²) in [5, 5.41) is 14.1. The lowest BCUT2D eigenvalue weighted by Crippen LogP contribution is -2.48. The molecule has 1 unspecified atom stereocenters. The molecule has 0 aromatic heterocycles. The fourth-order valence-corrected chi connectivity index (χ4v) is 6.08. The van der Waals surface area contributed by atoms with Crippen molar-refractivity contribution in [3.63, 3.8) is 0 Å². The van der Waals surface area contributed by atoms with E-state index in [1.807, 2.05) is 49.4 Å². The fraction of sp³-hybridized carbons (Fsp3) is 0.393. The number of carbonyl (C=O) groups is 1. The molecule has 1 heterocycles. The van der Waals surface area contributed by atoms with Crippen LogP contribution >= 0.6 is 11.8 Å². The van der Waals surface area contributed by atoms with Gasteiger partial charge in [-0.15, -0.1) is 6.58 Å². The number of amides is 1. The summed E-state index contributed by atoms with van der Waals surface area (Å²) in [6.07, 6.45) is 8.76. The summed E-state index contributed by atoms with van der Waals surface area (Å²) in [6, 6.07) is 14.0. The molecule has 2 N–H and O–H groups in total. The van der Waals surface area contributed by atoms with Crippen molar-refractivity contribution in [1.82, 2.24) is 4.90 Å². The molecule has 1 aliphatic heterocycles. The predicted molar refractivity (Wildman–Crippen MR) is 141 cm³/mol. The first kappa shape index (κ1) is 24.3. The number of rotatable bonds is 8. The Bertz CT molecular complexity index is 1050. The van der Waals surface area contributed by atoms with Gasteiger partial charge in [0.2, 0.25) is 0 Å². The van der Waals surface area contributed by atoms with Crippen molar-refractivity contribution >= 4 is 29.4 Å². The number of thioether (sulfide) groups is 1. The second-order valence-electron chi connectivity index (χ2n) is 8.98. The summed E-state index contributed by atoms with van der Waals surface area (Å²) in [6.45, 7) is 8.39. The van der Waals surface area contributed by atoms with Crippen LogP contribution in [0.3, 0.4) is 0 Å². The minimum Gasteiger partial charge on any atom is -0.504 e. The molecule has 0 spiro atoms. The topological polar surface area (TPSA) is 61.8 Å². The van der Waals surface area contributed by atoms with Gasteiger partial charge in [-0.2, -0.15) is 0 Å². The highest BCUT2D eigenvalue weighted by molar-refractivity contribution is 8.05. The van der Waals surface area contributed by atoms with Gasteiger partial charge in [0.15, 0.2) is 17.0 Å². The number of hydrogen-bond acceptors (Lipinski definition) is 5. The molecule has 4 rings (SSSR count). The van der Waals surface area contributed by atoms with E-state index in [-0.39, 0.29) is 23.2 Å². The number of phenols is 1. The summed E-state index contributed by atoms with van der Waals surface area (Å²) >= 11 is 1.56. The third kappa shape index (κ3) is 5.27. The standard InChI is InChI=1S/C28H34N2O3S/c1-4-11-21-16-20(17-24(26(21)31)33-5-2)18-25-27(32)30(23-15-10-9-12-19(23)3)28(34-25)29-22-13-7-6-8-14-22/h4,6-8,13-14,16-19,23,28-29,31H,1,5,9-12,15H2,2-3H3/b25-18-/t19-,23+,28?/m0/s1. The van der Waals surface area contributed by atoms with Crippen molar-refractivity contribution in [3.8, 4) is 11.5 Å². The van der Waals surface area contributed by atoms with Gasteiger partial charge < -0.3 is 20.1 Å². The highest BCUT2D eigenvalue weighted by Gasteiger charge is 2.42. The van der Waals surface area contributed by atoms with Crippen LogP contribution in [0.5, 0.6) is 11.5 Å². The Morgan fingerprint density at radius 3 is 2.71 bits per heavy atom. The van der Waals surface area contributed by atoms with Gasteiger partial charge in [0.25, 0.3) is 5.91 Å². The molecule has 2 aromatic carbocycles. The van der Waals surface area contributed by atoms with Gasteiger partial charge in [0.1, 0.15) is 0 Å². The number of aromatic hydroxyl groups is 1. The molecule has 0 bridgehead atoms. The van der Waals surface area contributed by atoms with Gasteiger partial charge in [0.05, 0.1) is 11.5 Å². The predicted octanol–water partition coefficient (Wildman–Crippen LogP) is 6.41. The maximum absolute atomic E-state index is 13.7. The number of nitrogens with one attached hydrogen (secondary N) is 1. The van der Waals surface area contributed by atoms with E-state index in [1.54, 1.807) is 23.9 Å². The Morgan fingerprint density at radius 1 is 1.24 bits per heavy atom. The summed E-state index contributed by atoms with van der Waals surface area (Å²) in [5.74, 6) is 1.10. The monoisotopic (exact) mass is 478 g/mol. The first-order chi connectivity index (χ1) is 16.5. The molecule has 1 saturated heterocycles. The number of phenolic OH excluding ortho intramolecular Hbond substituents is 1. The van der Waals surface area contributed by atoms with Gasteiger partial charge in [-0.25, -0.2) is 0 Å². The molecule has 0 radical (unpaired) electrons. The third-order valence-corrected chi connectivity index (χ3v) is 7.68. The van der Waals surface area contributed by atoms with Crippen molar-refractivity contribution in [2.24, 2.45) is 5.92 Å². The SMILES string of the molecule is C=CCc1cc(/C=C2\SC(Nc3ccccc3)N([C@@H]3CCCC[C@@H]3C)C2=O)cc(OCC)c1O. The minimum absolute atomic E-state index is 0.0634. The van der Waals surface area contributed by atoms with Crippen LogP contribution in [0.1, 0.15) is 50.7 Å². The first-order valence-electron chi connectivity index (χ1n) is 12.1. The van der Waals surface area contributed by atoms with E-state index in [9.17, 15) is 9.90 Å². The van der Waals surface area contributed by atoms with E-state index in [1.165, 1.54) is 6.42 Å². The number of para-hydroxylation sites is 1. The van der Waals surface area contributed by atoms with E-state index in [2.05, 4.69) is 23.7 Å². The zero-order chi connectivity index (χ0) is 24.1. The molecular formula is C28H34N2O3S. The second-order valence-corrected chi connectivity index (χ2v) is 10.1. The lowest BCUT2D eigenvalue weighted by Gasteiger charge is -2.39. The van der Waals surface area contributed by atoms with E-state index in [4.69, 9.17) is 4.74 Å². The number of benzene rings is 2. The quantitative estimate of drug-likeness (QED) is 0.339. The van der Waals surface area contributed by atoms with Crippen LogP contribution < -0.4 is 10.1 Å². The van der Waals surface area contributed by atoms with Crippen LogP contribution in [0.4, 0.5) is 5.69 Å². The Morgan fingerprint density at radius 2 is 2.00 bits per heavy atom. The average molecular weight is 479 g/mol. The molecule has 3 atom stereocenters. The summed E-state index contributed by atoms with van der Waals surface area (Å²) in [5.41, 5.74) is 2.41. The number of ether oxygens (including phenoxy) is 1. The van der Waals surface area contributed by atoms with Crippen LogP contribution in [0, 0.1) is 5.92 Å². The maximum Gasteiger partial charge on any atom is 0.262 e. The third-order valence-electron chi connectivity index (χ3n) is 6.56. The van der Waals surface area contributed by atoms with Gasteiger partial charge in [-0.3, -0.25) is 4.79 Å². The van der Waals surface area contributed by atoms with E-state index in [0.717, 1.165) is 36.1 Å². The van der Waals surface area contributed by atoms with E-state index < -0.39 is 0 Å². The molecule has 1 saturated carbocycles. The van der Waals surface area contributed by atoms with Crippen LogP contribution in [-0.2, 0) is 11.2 Å². The average Bonchev–Trinajstić information content (AvgIpc) is 3.12. The highest BCUT2D eigenvalue weighted by Crippen LogP contribution is 2.43. The molecular weight excluding hydrogens is 444 g/mol. The Kier molecular flexibility index (Phi) is 7.88. The summed E-state index contributed by atoms with van der Waals surface area (Å²) in [4.78, 5) is 16.5. The number of allylic oxidation sites excluding steroid dienone is 1. The van der Waals surface area contributed by atoms with Gasteiger partial charge in [0, 0.05) is 17.3 Å². The smallest absolute Gasteiger partial charge is 0.262 e. The molecule has 1 aliphatic carbocycles. The molecule has 1 amide bonds. The molecule has 180 valence electrons. The van der Waals surface area contributed by atoms with Gasteiger partial charge in [-0.05, 0) is 68.0 Å². The van der Waals surface area contributed by atoms with Crippen LogP contribution in [0.2, 0.25) is 0 Å². The normalized spacial score (nSPS) is 23.8. The summed E-state index contributed by atoms with van der Waals surface area (Å²) in [7, 11) is 0. The Labute approximate surface area is 206 Å². The van der Waals surface area contributed by atoms with Gasteiger partial charge in [-0.1, -0.05) is 55.8 Å². The zero-order valence-electron chi connectivity index (χ0n) is 20.0. The number of anilines is 1. The first-order valence-corrected chi connectivity index (χ1v) is 13.0. The highest BCUT2D eigenvalue weighted by atomic mass is 32.2. The molecule has 34 heavy (non-hydrogen) atoms. The largest absolute Gasteiger partial charge is 0.504 e. The Hall–Kier alpha value is -2.86. The lowest BCUT2D eigenvalue weighted by atomic mass is 9.85. The van der Waals surface area contributed by atoms with Crippen molar-refractivity contribution in [2.75, 3.05) is 11.9 Å². The second kappa shape index (κ2) is 11.0. The number of nitrogens with zero attached hydrogens (tertiary/aromatic N) is 1. The van der Waals surface area contributed by atoms with Crippen LogP contribution in [0.15, 0.2) is 60.0 Å². The van der Waals surface area contributed by atoms with Gasteiger partial charge >= 0.3 is 0 Å². The summed E-state index contributed by atoms with van der Waals surface area (Å²) < 4.78 is 5.66. The van der Waals surface area contributed by atoms with Crippen molar-refractivity contribution < 1.29 is 14.6 Å².